The second-order valence-electron chi connectivity index (χ2n) is 9.12. The molecule has 0 aliphatic rings. The van der Waals surface area contributed by atoms with Gasteiger partial charge in [0.25, 0.3) is 0 Å². The normalized spacial score (nSPS) is 13.3. The van der Waals surface area contributed by atoms with E-state index >= 15 is 0 Å². The number of nitrogens with zero attached hydrogens (tertiary/aromatic N) is 6. The Labute approximate surface area is 228 Å². The molecule has 0 bridgehead atoms. The van der Waals surface area contributed by atoms with Crippen LogP contribution in [-0.4, -0.2) is 34.8 Å². The topological polar surface area (TPSA) is 93.2 Å². The van der Waals surface area contributed by atoms with Gasteiger partial charge in [-0.3, -0.25) is 0 Å². The maximum Gasteiger partial charge on any atom is 0.183 e. The van der Waals surface area contributed by atoms with Crippen molar-refractivity contribution in [2.45, 2.75) is 18.9 Å². The number of pyridine rings is 1. The summed E-state index contributed by atoms with van der Waals surface area (Å²) in [6.07, 6.45) is 4.14. The molecule has 0 aliphatic heterocycles. The summed E-state index contributed by atoms with van der Waals surface area (Å²) in [5.74, 6) is 0. The van der Waals surface area contributed by atoms with Crippen LogP contribution in [0.3, 0.4) is 0 Å². The predicted octanol–water partition coefficient (Wildman–Crippen LogP) is 5.82. The lowest BCUT2D eigenvalue weighted by Gasteiger charge is -2.34. The minimum absolute atomic E-state index is 0.598. The summed E-state index contributed by atoms with van der Waals surface area (Å²) in [6, 6.07) is 21.1. The second-order valence-corrected chi connectivity index (χ2v) is 10.00. The van der Waals surface area contributed by atoms with Crippen molar-refractivity contribution in [3.63, 3.8) is 0 Å². The zero-order chi connectivity index (χ0) is 26.4. The number of nitrogens with one attached hydrogen (secondary N) is 1. The van der Waals surface area contributed by atoms with E-state index in [1.165, 1.54) is 0 Å². The maximum absolute atomic E-state index is 10.9. The third-order valence-electron chi connectivity index (χ3n) is 7.08. The van der Waals surface area contributed by atoms with Crippen molar-refractivity contribution >= 4 is 39.8 Å². The molecule has 0 spiro atoms. The highest BCUT2D eigenvalue weighted by atomic mass is 35.5. The van der Waals surface area contributed by atoms with Crippen molar-refractivity contribution in [2.24, 2.45) is 7.05 Å². The Morgan fingerprint density at radius 1 is 0.974 bits per heavy atom. The van der Waals surface area contributed by atoms with Crippen molar-refractivity contribution in [2.75, 3.05) is 0 Å². The van der Waals surface area contributed by atoms with Crippen LogP contribution in [-0.2, 0) is 19.0 Å². The van der Waals surface area contributed by atoms with E-state index in [0.29, 0.717) is 22.1 Å². The van der Waals surface area contributed by atoms with Crippen LogP contribution in [0.15, 0.2) is 79.3 Å². The fourth-order valence-corrected chi connectivity index (χ4v) is 5.66. The highest BCUT2D eigenvalue weighted by Gasteiger charge is 2.39. The molecule has 0 saturated heterocycles. The van der Waals surface area contributed by atoms with E-state index < -0.39 is 5.54 Å². The van der Waals surface area contributed by atoms with Gasteiger partial charge in [0.15, 0.2) is 5.65 Å². The lowest BCUT2D eigenvalue weighted by atomic mass is 9.79. The SMILES string of the molecule is CCc1c(-c2cccc(Cl)c2)c2cc(C(NO)(c3ccc(Cl)cc3)c3cncn3C)ccc2n2nnnc12. The van der Waals surface area contributed by atoms with Crippen LogP contribution in [0.5, 0.6) is 0 Å². The van der Waals surface area contributed by atoms with Crippen molar-refractivity contribution in [1.82, 2.24) is 35.1 Å². The van der Waals surface area contributed by atoms with E-state index in [0.717, 1.165) is 44.4 Å². The van der Waals surface area contributed by atoms with Crippen molar-refractivity contribution in [3.8, 4) is 11.1 Å². The average molecular weight is 544 g/mol. The van der Waals surface area contributed by atoms with Crippen LogP contribution < -0.4 is 5.48 Å². The van der Waals surface area contributed by atoms with E-state index in [-0.39, 0.29) is 0 Å². The minimum Gasteiger partial charge on any atom is -0.335 e. The molecule has 2 N–H and O–H groups in total. The number of imidazole rings is 1. The first kappa shape index (κ1) is 24.5. The summed E-state index contributed by atoms with van der Waals surface area (Å²) in [5, 5.41) is 25.6. The zero-order valence-corrected chi connectivity index (χ0v) is 22.1. The second kappa shape index (κ2) is 9.49. The number of aromatic nitrogens is 6. The van der Waals surface area contributed by atoms with Crippen LogP contribution >= 0.6 is 23.2 Å². The lowest BCUT2D eigenvalue weighted by molar-refractivity contribution is 0.0995. The minimum atomic E-state index is -1.16. The molecule has 0 saturated carbocycles. The maximum atomic E-state index is 10.9. The van der Waals surface area contributed by atoms with Gasteiger partial charge in [-0.25, -0.2) is 4.98 Å². The molecule has 0 aliphatic carbocycles. The van der Waals surface area contributed by atoms with Crippen LogP contribution in [0.1, 0.15) is 29.3 Å². The molecule has 3 aromatic heterocycles. The molecule has 3 aromatic carbocycles. The molecule has 190 valence electrons. The molecule has 6 aromatic rings. The Balaban J connectivity index is 1.75. The Kier molecular flexibility index (Phi) is 6.12. The van der Waals surface area contributed by atoms with Crippen molar-refractivity contribution < 1.29 is 5.21 Å². The number of halogens is 2. The molecular formula is C28H23Cl2N7O. The lowest BCUT2D eigenvalue weighted by Crippen LogP contribution is -2.44. The van der Waals surface area contributed by atoms with E-state index in [1.54, 1.807) is 29.2 Å². The summed E-state index contributed by atoms with van der Waals surface area (Å²) >= 11 is 12.7. The third kappa shape index (κ3) is 3.68. The molecule has 0 amide bonds. The molecule has 38 heavy (non-hydrogen) atoms. The Morgan fingerprint density at radius 2 is 1.76 bits per heavy atom. The number of benzene rings is 3. The van der Waals surface area contributed by atoms with Gasteiger partial charge in [0.1, 0.15) is 5.54 Å². The van der Waals surface area contributed by atoms with E-state index in [4.69, 9.17) is 23.2 Å². The van der Waals surface area contributed by atoms with Gasteiger partial charge in [-0.2, -0.15) is 10.00 Å². The van der Waals surface area contributed by atoms with Gasteiger partial charge >= 0.3 is 0 Å². The van der Waals surface area contributed by atoms with Crippen LogP contribution in [0.25, 0.3) is 27.7 Å². The number of hydrogen-bond donors (Lipinski definition) is 2. The Bertz CT molecular complexity index is 1800. The van der Waals surface area contributed by atoms with E-state index in [2.05, 4.69) is 39.0 Å². The van der Waals surface area contributed by atoms with Gasteiger partial charge in [0, 0.05) is 28.0 Å². The third-order valence-corrected chi connectivity index (χ3v) is 7.57. The first-order chi connectivity index (χ1) is 18.5. The monoisotopic (exact) mass is 543 g/mol. The molecular weight excluding hydrogens is 521 g/mol. The first-order valence-corrected chi connectivity index (χ1v) is 12.8. The van der Waals surface area contributed by atoms with Gasteiger partial charge in [-0.05, 0) is 75.5 Å². The van der Waals surface area contributed by atoms with Gasteiger partial charge in [-0.15, -0.1) is 5.10 Å². The number of aryl methyl sites for hydroxylation is 2. The fourth-order valence-electron chi connectivity index (χ4n) is 5.34. The van der Waals surface area contributed by atoms with Crippen LogP contribution in [0.2, 0.25) is 10.0 Å². The van der Waals surface area contributed by atoms with Crippen molar-refractivity contribution in [1.29, 1.82) is 0 Å². The van der Waals surface area contributed by atoms with E-state index in [9.17, 15) is 5.21 Å². The van der Waals surface area contributed by atoms with Gasteiger partial charge < -0.3 is 9.77 Å². The average Bonchev–Trinajstić information content (AvgIpc) is 3.59. The smallest absolute Gasteiger partial charge is 0.183 e. The first-order valence-electron chi connectivity index (χ1n) is 12.0. The largest absolute Gasteiger partial charge is 0.335 e. The Hall–Kier alpha value is -3.82. The molecule has 1 unspecified atom stereocenters. The predicted molar refractivity (Wildman–Crippen MR) is 148 cm³/mol. The summed E-state index contributed by atoms with van der Waals surface area (Å²) in [6.45, 7) is 2.08. The highest BCUT2D eigenvalue weighted by Crippen LogP contribution is 2.41. The van der Waals surface area contributed by atoms with Crippen LogP contribution in [0, 0.1) is 0 Å². The molecule has 6 rings (SSSR count). The molecule has 0 radical (unpaired) electrons. The summed E-state index contributed by atoms with van der Waals surface area (Å²) in [5.41, 5.74) is 8.26. The quantitative estimate of drug-likeness (QED) is 0.257. The summed E-state index contributed by atoms with van der Waals surface area (Å²) in [4.78, 5) is 4.34. The molecule has 0 fully saturated rings. The molecule has 1 atom stereocenters. The standard InChI is InChI=1S/C28H23Cl2N7O/c1-3-22-26(17-5-4-6-21(30)13-17)23-14-19(9-12-24(23)37-27(22)32-34-35-37)28(33-38,25-15-31-16-36(25)2)18-7-10-20(29)11-8-18/h4-16,33,38H,3H2,1-2H3. The molecule has 10 heteroatoms. The van der Waals surface area contributed by atoms with Crippen LogP contribution in [0.4, 0.5) is 0 Å². The van der Waals surface area contributed by atoms with Gasteiger partial charge in [0.2, 0.25) is 0 Å². The highest BCUT2D eigenvalue weighted by molar-refractivity contribution is 6.31. The number of tetrazole rings is 1. The number of rotatable bonds is 6. The Morgan fingerprint density at radius 3 is 2.45 bits per heavy atom. The number of fused-ring (bicyclic) bond motifs is 3. The zero-order valence-electron chi connectivity index (χ0n) is 20.6. The summed E-state index contributed by atoms with van der Waals surface area (Å²) in [7, 11) is 1.89. The summed E-state index contributed by atoms with van der Waals surface area (Å²) < 4.78 is 3.63. The number of hydroxylamine groups is 1. The number of hydrogen-bond acceptors (Lipinski definition) is 6. The fraction of sp³-hybridized carbons (Fsp3) is 0.143. The van der Waals surface area contributed by atoms with Gasteiger partial charge in [0.05, 0.1) is 23.7 Å². The van der Waals surface area contributed by atoms with E-state index in [1.807, 2.05) is 60.1 Å². The van der Waals surface area contributed by atoms with Gasteiger partial charge in [-0.1, -0.05) is 60.5 Å². The molecule has 3 heterocycles. The molecule has 8 nitrogen and oxygen atoms in total. The van der Waals surface area contributed by atoms with Crippen molar-refractivity contribution in [3.05, 3.63) is 112 Å².